The summed E-state index contributed by atoms with van der Waals surface area (Å²) in [7, 11) is 0. The summed E-state index contributed by atoms with van der Waals surface area (Å²) in [5, 5.41) is 0. The highest BCUT2D eigenvalue weighted by Gasteiger charge is 2.02. The lowest BCUT2D eigenvalue weighted by atomic mass is 10.1. The molecule has 0 aliphatic heterocycles. The summed E-state index contributed by atoms with van der Waals surface area (Å²) in [4.78, 5) is 11.6. The number of carbonyl (C=O) groups is 1. The molecule has 0 aliphatic carbocycles. The summed E-state index contributed by atoms with van der Waals surface area (Å²) in [5.74, 6) is 0.718. The quantitative estimate of drug-likeness (QED) is 0.414. The third-order valence-corrected chi connectivity index (χ3v) is 2.82. The topological polar surface area (TPSA) is 26.3 Å². The Morgan fingerprint density at radius 3 is 2.50 bits per heavy atom. The smallest absolute Gasteiger partial charge is 0.315 e. The van der Waals surface area contributed by atoms with Gasteiger partial charge in [0.15, 0.2) is 0 Å². The molecule has 108 valence electrons. The van der Waals surface area contributed by atoms with Crippen LogP contribution >= 0.6 is 0 Å². The standard InChI is InChI=1S/C18H24O2/c1-15(2)8-7-9-16(3)12-13-20-18(19)14-17-10-5-4-6-11-17/h4-7,9-13,15-16H,8,14H2,1-3H3/b9-7+,13-12+. The van der Waals surface area contributed by atoms with Crippen LogP contribution in [0.5, 0.6) is 0 Å². The zero-order valence-electron chi connectivity index (χ0n) is 12.6. The van der Waals surface area contributed by atoms with E-state index in [-0.39, 0.29) is 11.9 Å². The largest absolute Gasteiger partial charge is 0.435 e. The second-order valence-electron chi connectivity index (χ2n) is 5.40. The van der Waals surface area contributed by atoms with Gasteiger partial charge < -0.3 is 4.74 Å². The summed E-state index contributed by atoms with van der Waals surface area (Å²) >= 11 is 0. The average molecular weight is 272 g/mol. The second-order valence-corrected chi connectivity index (χ2v) is 5.40. The van der Waals surface area contributed by atoms with Gasteiger partial charge in [0.2, 0.25) is 0 Å². The molecule has 1 aromatic carbocycles. The maximum atomic E-state index is 11.6. The van der Waals surface area contributed by atoms with Crippen LogP contribution in [0.1, 0.15) is 32.8 Å². The van der Waals surface area contributed by atoms with Crippen molar-refractivity contribution in [3.63, 3.8) is 0 Å². The van der Waals surface area contributed by atoms with Crippen LogP contribution in [0, 0.1) is 11.8 Å². The van der Waals surface area contributed by atoms with Crippen molar-refractivity contribution < 1.29 is 9.53 Å². The van der Waals surface area contributed by atoms with Crippen molar-refractivity contribution in [2.75, 3.05) is 0 Å². The maximum absolute atomic E-state index is 11.6. The first-order valence-electron chi connectivity index (χ1n) is 7.14. The van der Waals surface area contributed by atoms with Gasteiger partial charge in [-0.15, -0.1) is 0 Å². The molecule has 0 aromatic heterocycles. The fraction of sp³-hybridized carbons (Fsp3) is 0.389. The van der Waals surface area contributed by atoms with Crippen LogP contribution in [0.15, 0.2) is 54.8 Å². The number of carbonyl (C=O) groups excluding carboxylic acids is 1. The molecule has 1 unspecified atom stereocenters. The molecule has 0 saturated heterocycles. The molecule has 0 bridgehead atoms. The Morgan fingerprint density at radius 1 is 1.15 bits per heavy atom. The Bertz CT molecular complexity index is 444. The molecule has 0 N–H and O–H groups in total. The van der Waals surface area contributed by atoms with E-state index in [4.69, 9.17) is 4.74 Å². The minimum atomic E-state index is -0.231. The molecule has 0 aliphatic rings. The van der Waals surface area contributed by atoms with Gasteiger partial charge in [0, 0.05) is 0 Å². The highest BCUT2D eigenvalue weighted by Crippen LogP contribution is 2.06. The molecule has 0 radical (unpaired) electrons. The van der Waals surface area contributed by atoms with E-state index in [1.165, 1.54) is 6.26 Å². The number of benzene rings is 1. The van der Waals surface area contributed by atoms with Gasteiger partial charge in [0.1, 0.15) is 0 Å². The number of rotatable bonds is 7. The van der Waals surface area contributed by atoms with Gasteiger partial charge in [-0.05, 0) is 29.9 Å². The normalized spacial score (nSPS) is 13.2. The molecule has 1 aromatic rings. The number of allylic oxidation sites excluding steroid dienone is 3. The fourth-order valence-corrected chi connectivity index (χ4v) is 1.67. The Kier molecular flexibility index (Phi) is 7.41. The fourth-order valence-electron chi connectivity index (χ4n) is 1.67. The van der Waals surface area contributed by atoms with E-state index in [1.807, 2.05) is 36.4 Å². The molecular weight excluding hydrogens is 248 g/mol. The van der Waals surface area contributed by atoms with Gasteiger partial charge in [-0.2, -0.15) is 0 Å². The summed E-state index contributed by atoms with van der Waals surface area (Å²) in [6.07, 6.45) is 9.07. The summed E-state index contributed by atoms with van der Waals surface area (Å²) in [5.41, 5.74) is 0.968. The number of hydrogen-bond donors (Lipinski definition) is 0. The van der Waals surface area contributed by atoms with Crippen molar-refractivity contribution in [1.82, 2.24) is 0 Å². The molecule has 2 heteroatoms. The van der Waals surface area contributed by atoms with Crippen molar-refractivity contribution in [3.05, 3.63) is 60.4 Å². The zero-order chi connectivity index (χ0) is 14.8. The molecule has 0 saturated carbocycles. The Labute approximate surface area is 122 Å². The van der Waals surface area contributed by atoms with Gasteiger partial charge in [-0.1, -0.05) is 63.3 Å². The van der Waals surface area contributed by atoms with Gasteiger partial charge >= 0.3 is 5.97 Å². The Balaban J connectivity index is 2.29. The molecular formula is C18H24O2. The van der Waals surface area contributed by atoms with Gasteiger partial charge in [0.05, 0.1) is 12.7 Å². The number of hydrogen-bond acceptors (Lipinski definition) is 2. The molecule has 1 atom stereocenters. The van der Waals surface area contributed by atoms with Gasteiger partial charge in [0.25, 0.3) is 0 Å². The molecule has 20 heavy (non-hydrogen) atoms. The predicted molar refractivity (Wildman–Crippen MR) is 83.1 cm³/mol. The van der Waals surface area contributed by atoms with Gasteiger partial charge in [-0.3, -0.25) is 4.79 Å². The predicted octanol–water partition coefficient (Wildman–Crippen LogP) is 4.52. The maximum Gasteiger partial charge on any atom is 0.315 e. The molecule has 0 spiro atoms. The molecule has 2 nitrogen and oxygen atoms in total. The SMILES string of the molecule is CC(/C=C/CC(C)C)/C=C/OC(=O)Cc1ccccc1. The summed E-state index contributed by atoms with van der Waals surface area (Å²) < 4.78 is 5.09. The van der Waals surface area contributed by atoms with Crippen LogP contribution in [-0.4, -0.2) is 5.97 Å². The minimum absolute atomic E-state index is 0.231. The number of ether oxygens (including phenoxy) is 1. The highest BCUT2D eigenvalue weighted by atomic mass is 16.5. The van der Waals surface area contributed by atoms with E-state index in [9.17, 15) is 4.79 Å². The zero-order valence-corrected chi connectivity index (χ0v) is 12.6. The number of esters is 1. The van der Waals surface area contributed by atoms with E-state index < -0.39 is 0 Å². The van der Waals surface area contributed by atoms with Crippen molar-refractivity contribution in [3.8, 4) is 0 Å². The third-order valence-electron chi connectivity index (χ3n) is 2.82. The monoisotopic (exact) mass is 272 g/mol. The van der Waals surface area contributed by atoms with Crippen molar-refractivity contribution in [2.45, 2.75) is 33.6 Å². The van der Waals surface area contributed by atoms with E-state index >= 15 is 0 Å². The summed E-state index contributed by atoms with van der Waals surface area (Å²) in [6, 6.07) is 9.60. The Morgan fingerprint density at radius 2 is 1.85 bits per heavy atom. The second kappa shape index (κ2) is 9.13. The van der Waals surface area contributed by atoms with E-state index in [1.54, 1.807) is 0 Å². The van der Waals surface area contributed by atoms with Crippen LogP contribution in [-0.2, 0) is 16.0 Å². The van der Waals surface area contributed by atoms with E-state index in [0.29, 0.717) is 12.3 Å². The van der Waals surface area contributed by atoms with Crippen LogP contribution in [0.3, 0.4) is 0 Å². The van der Waals surface area contributed by atoms with Crippen molar-refractivity contribution in [1.29, 1.82) is 0 Å². The lowest BCUT2D eigenvalue weighted by molar-refractivity contribution is -0.137. The van der Waals surface area contributed by atoms with E-state index in [2.05, 4.69) is 32.9 Å². The van der Waals surface area contributed by atoms with Gasteiger partial charge in [-0.25, -0.2) is 0 Å². The first-order chi connectivity index (χ1) is 9.58. The van der Waals surface area contributed by atoms with Crippen LogP contribution in [0.2, 0.25) is 0 Å². The van der Waals surface area contributed by atoms with Crippen LogP contribution in [0.4, 0.5) is 0 Å². The highest BCUT2D eigenvalue weighted by molar-refractivity contribution is 5.73. The molecule has 0 amide bonds. The third kappa shape index (κ3) is 7.57. The van der Waals surface area contributed by atoms with Crippen molar-refractivity contribution in [2.24, 2.45) is 11.8 Å². The van der Waals surface area contributed by atoms with Crippen LogP contribution in [0.25, 0.3) is 0 Å². The first-order valence-corrected chi connectivity index (χ1v) is 7.14. The van der Waals surface area contributed by atoms with Crippen LogP contribution < -0.4 is 0 Å². The molecule has 1 rings (SSSR count). The molecule has 0 heterocycles. The Hall–Kier alpha value is -1.83. The lowest BCUT2D eigenvalue weighted by Crippen LogP contribution is -2.03. The minimum Gasteiger partial charge on any atom is -0.435 e. The first kappa shape index (κ1) is 16.2. The average Bonchev–Trinajstić information content (AvgIpc) is 2.39. The summed E-state index contributed by atoms with van der Waals surface area (Å²) in [6.45, 7) is 6.45. The van der Waals surface area contributed by atoms with Crippen molar-refractivity contribution >= 4 is 5.97 Å². The lowest BCUT2D eigenvalue weighted by Gasteiger charge is -2.02. The molecule has 0 fully saturated rings. The van der Waals surface area contributed by atoms with E-state index in [0.717, 1.165) is 12.0 Å².